The Labute approximate surface area is 111 Å². The summed E-state index contributed by atoms with van der Waals surface area (Å²) >= 11 is 4.89. The molecular formula is C13H13N3OS. The van der Waals surface area contributed by atoms with E-state index in [2.05, 4.69) is 10.3 Å². The highest BCUT2D eigenvalue weighted by atomic mass is 32.1. The molecule has 0 atom stereocenters. The van der Waals surface area contributed by atoms with Crippen LogP contribution in [0.3, 0.4) is 0 Å². The summed E-state index contributed by atoms with van der Waals surface area (Å²) in [5.74, 6) is 0.819. The number of pyridine rings is 1. The number of anilines is 2. The van der Waals surface area contributed by atoms with E-state index >= 15 is 0 Å². The molecule has 92 valence electrons. The van der Waals surface area contributed by atoms with Crippen molar-refractivity contribution in [2.24, 2.45) is 5.73 Å². The predicted molar refractivity (Wildman–Crippen MR) is 76.4 cm³/mol. The van der Waals surface area contributed by atoms with Crippen molar-refractivity contribution in [3.63, 3.8) is 0 Å². The van der Waals surface area contributed by atoms with Gasteiger partial charge in [0.15, 0.2) is 0 Å². The van der Waals surface area contributed by atoms with Gasteiger partial charge in [0, 0.05) is 17.6 Å². The van der Waals surface area contributed by atoms with Crippen LogP contribution in [0.1, 0.15) is 5.69 Å². The average Bonchev–Trinajstić information content (AvgIpc) is 2.40. The van der Waals surface area contributed by atoms with Crippen LogP contribution in [0.2, 0.25) is 0 Å². The van der Waals surface area contributed by atoms with Crippen LogP contribution in [-0.2, 0) is 0 Å². The molecule has 0 aliphatic heterocycles. The van der Waals surface area contributed by atoms with Crippen molar-refractivity contribution in [3.05, 3.63) is 48.3 Å². The lowest BCUT2D eigenvalue weighted by Gasteiger charge is -2.08. The van der Waals surface area contributed by atoms with Crippen LogP contribution in [0.5, 0.6) is 5.75 Å². The molecule has 0 spiro atoms. The first-order valence-electron chi connectivity index (χ1n) is 5.36. The van der Waals surface area contributed by atoms with Gasteiger partial charge in [-0.1, -0.05) is 12.2 Å². The van der Waals surface area contributed by atoms with Crippen LogP contribution >= 0.6 is 12.2 Å². The maximum Gasteiger partial charge on any atom is 0.122 e. The second-order valence-corrected chi connectivity index (χ2v) is 4.09. The number of thiocarbonyl (C=S) groups is 1. The topological polar surface area (TPSA) is 60.2 Å². The SMILES string of the molecule is COc1ccc(Nc2ccnc(C(N)=S)c2)cc1. The fourth-order valence-corrected chi connectivity index (χ4v) is 1.60. The molecular weight excluding hydrogens is 246 g/mol. The second kappa shape index (κ2) is 5.46. The van der Waals surface area contributed by atoms with Gasteiger partial charge < -0.3 is 15.8 Å². The Morgan fingerprint density at radius 1 is 1.22 bits per heavy atom. The molecule has 4 nitrogen and oxygen atoms in total. The predicted octanol–water partition coefficient (Wildman–Crippen LogP) is 2.47. The molecule has 2 rings (SSSR count). The van der Waals surface area contributed by atoms with Gasteiger partial charge in [-0.05, 0) is 36.4 Å². The fraction of sp³-hybridized carbons (Fsp3) is 0.0769. The summed E-state index contributed by atoms with van der Waals surface area (Å²) in [6.45, 7) is 0. The molecule has 2 aromatic rings. The van der Waals surface area contributed by atoms with Gasteiger partial charge in [-0.25, -0.2) is 0 Å². The number of aromatic nitrogens is 1. The third-order valence-electron chi connectivity index (χ3n) is 2.39. The van der Waals surface area contributed by atoms with Crippen molar-refractivity contribution in [2.45, 2.75) is 0 Å². The summed E-state index contributed by atoms with van der Waals surface area (Å²) in [6.07, 6.45) is 1.67. The zero-order valence-corrected chi connectivity index (χ0v) is 10.7. The number of nitrogens with two attached hydrogens (primary N) is 1. The molecule has 3 N–H and O–H groups in total. The summed E-state index contributed by atoms with van der Waals surface area (Å²) in [5.41, 5.74) is 7.98. The van der Waals surface area contributed by atoms with Gasteiger partial charge in [0.2, 0.25) is 0 Å². The van der Waals surface area contributed by atoms with E-state index < -0.39 is 0 Å². The number of nitrogens with one attached hydrogen (secondary N) is 1. The standard InChI is InChI=1S/C13H13N3OS/c1-17-11-4-2-9(3-5-11)16-10-6-7-15-12(8-10)13(14)18/h2-8H,1H3,(H2,14,18)(H,15,16). The smallest absolute Gasteiger partial charge is 0.122 e. The summed E-state index contributed by atoms with van der Waals surface area (Å²) < 4.78 is 5.10. The lowest BCUT2D eigenvalue weighted by Crippen LogP contribution is -2.11. The number of nitrogens with zero attached hydrogens (tertiary/aromatic N) is 1. The first-order valence-corrected chi connectivity index (χ1v) is 5.77. The minimum Gasteiger partial charge on any atom is -0.497 e. The van der Waals surface area contributed by atoms with E-state index in [0.717, 1.165) is 17.1 Å². The van der Waals surface area contributed by atoms with E-state index in [1.807, 2.05) is 36.4 Å². The molecule has 1 heterocycles. The Kier molecular flexibility index (Phi) is 3.74. The lowest BCUT2D eigenvalue weighted by molar-refractivity contribution is 0.415. The first kappa shape index (κ1) is 12.3. The Morgan fingerprint density at radius 2 is 1.94 bits per heavy atom. The maximum atomic E-state index is 5.54. The van der Waals surface area contributed by atoms with Gasteiger partial charge in [-0.2, -0.15) is 0 Å². The van der Waals surface area contributed by atoms with Gasteiger partial charge >= 0.3 is 0 Å². The summed E-state index contributed by atoms with van der Waals surface area (Å²) in [5, 5.41) is 3.24. The number of hydrogen-bond acceptors (Lipinski definition) is 4. The van der Waals surface area contributed by atoms with Crippen LogP contribution in [0.4, 0.5) is 11.4 Å². The highest BCUT2D eigenvalue weighted by molar-refractivity contribution is 7.80. The summed E-state index contributed by atoms with van der Waals surface area (Å²) in [7, 11) is 1.64. The number of ether oxygens (including phenoxy) is 1. The van der Waals surface area contributed by atoms with Crippen molar-refractivity contribution >= 4 is 28.6 Å². The van der Waals surface area contributed by atoms with E-state index in [1.54, 1.807) is 13.3 Å². The van der Waals surface area contributed by atoms with Crippen molar-refractivity contribution in [3.8, 4) is 5.75 Å². The highest BCUT2D eigenvalue weighted by Crippen LogP contribution is 2.19. The minimum atomic E-state index is 0.286. The van der Waals surface area contributed by atoms with Crippen LogP contribution < -0.4 is 15.8 Å². The minimum absolute atomic E-state index is 0.286. The number of hydrogen-bond donors (Lipinski definition) is 2. The molecule has 18 heavy (non-hydrogen) atoms. The first-order chi connectivity index (χ1) is 8.69. The van der Waals surface area contributed by atoms with Crippen LogP contribution in [0.15, 0.2) is 42.6 Å². The van der Waals surface area contributed by atoms with E-state index in [-0.39, 0.29) is 4.99 Å². The monoisotopic (exact) mass is 259 g/mol. The Bertz CT molecular complexity index is 554. The van der Waals surface area contributed by atoms with E-state index in [4.69, 9.17) is 22.7 Å². The normalized spacial score (nSPS) is 9.83. The van der Waals surface area contributed by atoms with Crippen molar-refractivity contribution in [2.75, 3.05) is 12.4 Å². The fourth-order valence-electron chi connectivity index (χ4n) is 1.48. The number of methoxy groups -OCH3 is 1. The summed E-state index contributed by atoms with van der Waals surface area (Å²) in [4.78, 5) is 4.37. The molecule has 1 aromatic carbocycles. The molecule has 0 aliphatic rings. The molecule has 0 saturated carbocycles. The maximum absolute atomic E-state index is 5.54. The zero-order chi connectivity index (χ0) is 13.0. The van der Waals surface area contributed by atoms with Crippen LogP contribution in [0.25, 0.3) is 0 Å². The lowest BCUT2D eigenvalue weighted by atomic mass is 10.2. The molecule has 0 fully saturated rings. The van der Waals surface area contributed by atoms with E-state index in [1.165, 1.54) is 0 Å². The van der Waals surface area contributed by atoms with Gasteiger partial charge in [0.05, 0.1) is 12.8 Å². The molecule has 0 saturated heterocycles. The van der Waals surface area contributed by atoms with Crippen LogP contribution in [0, 0.1) is 0 Å². The Morgan fingerprint density at radius 3 is 2.56 bits per heavy atom. The third-order valence-corrected chi connectivity index (χ3v) is 2.60. The number of rotatable bonds is 4. The molecule has 1 aromatic heterocycles. The van der Waals surface area contributed by atoms with Gasteiger partial charge in [0.25, 0.3) is 0 Å². The third kappa shape index (κ3) is 2.95. The summed E-state index contributed by atoms with van der Waals surface area (Å²) in [6, 6.07) is 11.3. The van der Waals surface area contributed by atoms with Crippen molar-refractivity contribution < 1.29 is 4.74 Å². The van der Waals surface area contributed by atoms with Gasteiger partial charge in [0.1, 0.15) is 10.7 Å². The highest BCUT2D eigenvalue weighted by Gasteiger charge is 2.00. The van der Waals surface area contributed by atoms with E-state index in [9.17, 15) is 0 Å². The quantitative estimate of drug-likeness (QED) is 0.826. The van der Waals surface area contributed by atoms with Crippen molar-refractivity contribution in [1.29, 1.82) is 0 Å². The molecule has 0 bridgehead atoms. The van der Waals surface area contributed by atoms with Gasteiger partial charge in [-0.15, -0.1) is 0 Å². The molecule has 0 aliphatic carbocycles. The average molecular weight is 259 g/mol. The molecule has 0 radical (unpaired) electrons. The molecule has 5 heteroatoms. The Hall–Kier alpha value is -2.14. The van der Waals surface area contributed by atoms with Gasteiger partial charge in [-0.3, -0.25) is 4.98 Å². The molecule has 0 amide bonds. The second-order valence-electron chi connectivity index (χ2n) is 3.65. The van der Waals surface area contributed by atoms with Crippen molar-refractivity contribution in [1.82, 2.24) is 4.98 Å². The van der Waals surface area contributed by atoms with E-state index in [0.29, 0.717) is 5.69 Å². The zero-order valence-electron chi connectivity index (χ0n) is 9.88. The number of benzene rings is 1. The van der Waals surface area contributed by atoms with Crippen LogP contribution in [-0.4, -0.2) is 17.1 Å². The Balaban J connectivity index is 2.17. The molecule has 0 unspecified atom stereocenters. The largest absolute Gasteiger partial charge is 0.497 e.